The number of nitrogens with one attached hydrogen (secondary N) is 1. The number of ether oxygens (including phenoxy) is 1. The SMILES string of the molecule is COc1cccc(-c2nnc(N/N=C(\C)C(=O)O)s2)c1. The van der Waals surface area contributed by atoms with Gasteiger partial charge in [0, 0.05) is 5.56 Å². The van der Waals surface area contributed by atoms with E-state index in [2.05, 4.69) is 20.7 Å². The molecule has 1 aromatic heterocycles. The number of carbonyl (C=O) groups is 1. The molecular weight excluding hydrogens is 280 g/mol. The van der Waals surface area contributed by atoms with E-state index in [0.717, 1.165) is 11.3 Å². The molecule has 2 aromatic rings. The minimum atomic E-state index is -1.09. The summed E-state index contributed by atoms with van der Waals surface area (Å²) in [7, 11) is 1.59. The Bertz CT molecular complexity index is 654. The number of rotatable bonds is 5. The van der Waals surface area contributed by atoms with Gasteiger partial charge in [-0.2, -0.15) is 5.10 Å². The van der Waals surface area contributed by atoms with Crippen LogP contribution in [0.1, 0.15) is 6.92 Å². The van der Waals surface area contributed by atoms with Crippen molar-refractivity contribution in [1.82, 2.24) is 10.2 Å². The highest BCUT2D eigenvalue weighted by atomic mass is 32.1. The molecule has 0 fully saturated rings. The molecule has 20 heavy (non-hydrogen) atoms. The molecule has 0 bridgehead atoms. The molecule has 0 amide bonds. The summed E-state index contributed by atoms with van der Waals surface area (Å²) in [6, 6.07) is 7.42. The Hall–Kier alpha value is -2.48. The topological polar surface area (TPSA) is 96.7 Å². The van der Waals surface area contributed by atoms with Crippen molar-refractivity contribution < 1.29 is 14.6 Å². The molecule has 8 heteroatoms. The normalized spacial score (nSPS) is 11.2. The van der Waals surface area contributed by atoms with Gasteiger partial charge in [0.25, 0.3) is 0 Å². The van der Waals surface area contributed by atoms with Crippen LogP contribution in [0.2, 0.25) is 0 Å². The van der Waals surface area contributed by atoms with Gasteiger partial charge in [0.2, 0.25) is 5.13 Å². The van der Waals surface area contributed by atoms with Crippen molar-refractivity contribution in [2.45, 2.75) is 6.92 Å². The predicted molar refractivity (Wildman–Crippen MR) is 76.3 cm³/mol. The summed E-state index contributed by atoms with van der Waals surface area (Å²) in [5, 5.41) is 21.4. The first-order valence-electron chi connectivity index (χ1n) is 5.61. The van der Waals surface area contributed by atoms with Gasteiger partial charge < -0.3 is 9.84 Å². The Labute approximate surface area is 118 Å². The molecule has 0 unspecified atom stereocenters. The van der Waals surface area contributed by atoms with Crippen LogP contribution in [0, 0.1) is 0 Å². The average molecular weight is 292 g/mol. The van der Waals surface area contributed by atoms with Crippen LogP contribution in [0.5, 0.6) is 5.75 Å². The van der Waals surface area contributed by atoms with Crippen molar-refractivity contribution in [3.63, 3.8) is 0 Å². The monoisotopic (exact) mass is 292 g/mol. The number of aromatic nitrogens is 2. The van der Waals surface area contributed by atoms with E-state index >= 15 is 0 Å². The summed E-state index contributed by atoms with van der Waals surface area (Å²) < 4.78 is 5.14. The minimum absolute atomic E-state index is 0.0527. The second kappa shape index (κ2) is 6.11. The van der Waals surface area contributed by atoms with Gasteiger partial charge in [-0.25, -0.2) is 4.79 Å². The maximum absolute atomic E-state index is 10.6. The predicted octanol–water partition coefficient (Wildman–Crippen LogP) is 2.09. The lowest BCUT2D eigenvalue weighted by Crippen LogP contribution is -2.10. The lowest BCUT2D eigenvalue weighted by molar-refractivity contribution is -0.129. The molecule has 1 aromatic carbocycles. The highest BCUT2D eigenvalue weighted by Crippen LogP contribution is 2.28. The van der Waals surface area contributed by atoms with E-state index in [-0.39, 0.29) is 5.71 Å². The summed E-state index contributed by atoms with van der Waals surface area (Å²) in [4.78, 5) is 10.6. The number of nitrogens with zero attached hydrogens (tertiary/aromatic N) is 3. The van der Waals surface area contributed by atoms with Crippen LogP contribution < -0.4 is 10.2 Å². The zero-order valence-corrected chi connectivity index (χ0v) is 11.6. The maximum Gasteiger partial charge on any atom is 0.351 e. The van der Waals surface area contributed by atoms with E-state index in [9.17, 15) is 4.79 Å². The molecule has 0 radical (unpaired) electrons. The average Bonchev–Trinajstić information content (AvgIpc) is 2.93. The number of carboxylic acids is 1. The van der Waals surface area contributed by atoms with Gasteiger partial charge in [-0.1, -0.05) is 23.5 Å². The van der Waals surface area contributed by atoms with Crippen molar-refractivity contribution in [2.24, 2.45) is 5.10 Å². The molecular formula is C12H12N4O3S. The molecule has 0 spiro atoms. The fraction of sp³-hybridized carbons (Fsp3) is 0.167. The van der Waals surface area contributed by atoms with E-state index < -0.39 is 5.97 Å². The van der Waals surface area contributed by atoms with Crippen LogP contribution in [-0.4, -0.2) is 34.1 Å². The molecule has 0 saturated carbocycles. The first kappa shape index (κ1) is 13.9. The molecule has 0 aliphatic heterocycles. The van der Waals surface area contributed by atoms with E-state index in [1.54, 1.807) is 7.11 Å². The van der Waals surface area contributed by atoms with Crippen LogP contribution >= 0.6 is 11.3 Å². The molecule has 0 atom stereocenters. The van der Waals surface area contributed by atoms with Gasteiger partial charge in [0.1, 0.15) is 16.5 Å². The standard InChI is InChI=1S/C12H12N4O3S/c1-7(11(17)18)13-15-12-16-14-10(20-12)8-4-3-5-9(6-8)19-2/h3-6H,1-2H3,(H,15,16)(H,17,18)/b13-7+. The van der Waals surface area contributed by atoms with Crippen molar-refractivity contribution >= 4 is 28.1 Å². The smallest absolute Gasteiger partial charge is 0.351 e. The minimum Gasteiger partial charge on any atom is -0.497 e. The van der Waals surface area contributed by atoms with Gasteiger partial charge in [-0.15, -0.1) is 10.2 Å². The fourth-order valence-corrected chi connectivity index (χ4v) is 2.00. The highest BCUT2D eigenvalue weighted by molar-refractivity contribution is 7.18. The number of carboxylic acid groups (broad SMARTS) is 1. The third-order valence-corrected chi connectivity index (χ3v) is 3.25. The molecule has 2 rings (SSSR count). The van der Waals surface area contributed by atoms with Crippen molar-refractivity contribution in [3.05, 3.63) is 24.3 Å². The number of hydrogen-bond donors (Lipinski definition) is 2. The summed E-state index contributed by atoms with van der Waals surface area (Å²) in [6.45, 7) is 1.39. The molecule has 0 aliphatic rings. The second-order valence-electron chi connectivity index (χ2n) is 3.76. The number of methoxy groups -OCH3 is 1. The van der Waals surface area contributed by atoms with E-state index in [0.29, 0.717) is 10.1 Å². The zero-order chi connectivity index (χ0) is 14.5. The van der Waals surface area contributed by atoms with Gasteiger partial charge in [-0.05, 0) is 19.1 Å². The fourth-order valence-electron chi connectivity index (χ4n) is 1.32. The number of hydrazone groups is 1. The number of aliphatic carboxylic acids is 1. The van der Waals surface area contributed by atoms with Gasteiger partial charge in [0.15, 0.2) is 0 Å². The summed E-state index contributed by atoms with van der Waals surface area (Å²) in [5.41, 5.74) is 3.38. The Morgan fingerprint density at radius 1 is 1.45 bits per heavy atom. The lowest BCUT2D eigenvalue weighted by Gasteiger charge is -2.00. The first-order valence-corrected chi connectivity index (χ1v) is 6.43. The number of benzene rings is 1. The summed E-state index contributed by atoms with van der Waals surface area (Å²) >= 11 is 1.27. The molecule has 2 N–H and O–H groups in total. The quantitative estimate of drug-likeness (QED) is 0.647. The van der Waals surface area contributed by atoms with Crippen LogP contribution in [0.15, 0.2) is 29.4 Å². The summed E-state index contributed by atoms with van der Waals surface area (Å²) in [6.07, 6.45) is 0. The van der Waals surface area contributed by atoms with Crippen LogP contribution in [-0.2, 0) is 4.79 Å². The Morgan fingerprint density at radius 3 is 2.95 bits per heavy atom. The Kier molecular flexibility index (Phi) is 4.26. The molecule has 0 aliphatic carbocycles. The molecule has 104 valence electrons. The number of anilines is 1. The van der Waals surface area contributed by atoms with Crippen LogP contribution in [0.25, 0.3) is 10.6 Å². The van der Waals surface area contributed by atoms with E-state index in [4.69, 9.17) is 9.84 Å². The third-order valence-electron chi connectivity index (χ3n) is 2.37. The summed E-state index contributed by atoms with van der Waals surface area (Å²) in [5.74, 6) is -0.359. The van der Waals surface area contributed by atoms with Crippen LogP contribution in [0.3, 0.4) is 0 Å². The van der Waals surface area contributed by atoms with E-state index in [1.165, 1.54) is 18.3 Å². The molecule has 0 saturated heterocycles. The lowest BCUT2D eigenvalue weighted by atomic mass is 10.2. The van der Waals surface area contributed by atoms with Gasteiger partial charge in [-0.3, -0.25) is 5.43 Å². The van der Waals surface area contributed by atoms with Gasteiger partial charge >= 0.3 is 5.97 Å². The molecule has 7 nitrogen and oxygen atoms in total. The zero-order valence-electron chi connectivity index (χ0n) is 10.8. The van der Waals surface area contributed by atoms with Crippen molar-refractivity contribution in [1.29, 1.82) is 0 Å². The highest BCUT2D eigenvalue weighted by Gasteiger charge is 2.08. The Balaban J connectivity index is 2.16. The first-order chi connectivity index (χ1) is 9.60. The Morgan fingerprint density at radius 2 is 2.25 bits per heavy atom. The van der Waals surface area contributed by atoms with E-state index in [1.807, 2.05) is 24.3 Å². The molecule has 1 heterocycles. The van der Waals surface area contributed by atoms with Crippen molar-refractivity contribution in [2.75, 3.05) is 12.5 Å². The largest absolute Gasteiger partial charge is 0.497 e. The van der Waals surface area contributed by atoms with Crippen LogP contribution in [0.4, 0.5) is 5.13 Å². The number of hydrogen-bond acceptors (Lipinski definition) is 7. The second-order valence-corrected chi connectivity index (χ2v) is 4.74. The third kappa shape index (κ3) is 3.29. The van der Waals surface area contributed by atoms with Gasteiger partial charge in [0.05, 0.1) is 7.11 Å². The van der Waals surface area contributed by atoms with Crippen molar-refractivity contribution in [3.8, 4) is 16.3 Å². The maximum atomic E-state index is 10.6.